The highest BCUT2D eigenvalue weighted by Crippen LogP contribution is 2.28. The molecule has 0 radical (unpaired) electrons. The molecular formula is C24H25ClN2O3S. The summed E-state index contributed by atoms with van der Waals surface area (Å²) in [5.74, 6) is 1.76. The predicted octanol–water partition coefficient (Wildman–Crippen LogP) is 4.91. The average Bonchev–Trinajstić information content (AvgIpc) is 3.14. The fourth-order valence-corrected chi connectivity index (χ4v) is 5.28. The molecule has 162 valence electrons. The maximum Gasteiger partial charge on any atom is 0.243 e. The summed E-state index contributed by atoms with van der Waals surface area (Å²) in [6, 6.07) is 16.5. The highest BCUT2D eigenvalue weighted by molar-refractivity contribution is 7.89. The van der Waals surface area contributed by atoms with Crippen molar-refractivity contribution in [2.45, 2.75) is 24.4 Å². The van der Waals surface area contributed by atoms with Gasteiger partial charge < -0.3 is 9.32 Å². The molecule has 0 atom stereocenters. The minimum atomic E-state index is -3.57. The largest absolute Gasteiger partial charge is 0.464 e. The number of benzene rings is 2. The lowest BCUT2D eigenvalue weighted by molar-refractivity contribution is 0.325. The van der Waals surface area contributed by atoms with Gasteiger partial charge in [0.05, 0.1) is 11.4 Å². The van der Waals surface area contributed by atoms with Crippen molar-refractivity contribution in [3.05, 3.63) is 87.8 Å². The molecule has 3 aromatic rings. The lowest BCUT2D eigenvalue weighted by atomic mass is 10.1. The van der Waals surface area contributed by atoms with Gasteiger partial charge in [-0.05, 0) is 49.5 Å². The Balaban J connectivity index is 1.49. The van der Waals surface area contributed by atoms with E-state index in [1.165, 1.54) is 4.31 Å². The third-order valence-electron chi connectivity index (χ3n) is 5.23. The third-order valence-corrected chi connectivity index (χ3v) is 7.44. The number of halogens is 1. The first-order chi connectivity index (χ1) is 14.8. The number of fused-ring (bicyclic) bond motifs is 1. The zero-order valence-corrected chi connectivity index (χ0v) is 19.2. The van der Waals surface area contributed by atoms with E-state index in [1.54, 1.807) is 12.1 Å². The number of nitrogens with zero attached hydrogens (tertiary/aromatic N) is 2. The molecule has 2 aromatic carbocycles. The Morgan fingerprint density at radius 3 is 2.55 bits per heavy atom. The molecule has 0 spiro atoms. The van der Waals surface area contributed by atoms with Gasteiger partial charge in [-0.25, -0.2) is 8.42 Å². The van der Waals surface area contributed by atoms with Crippen LogP contribution in [0.25, 0.3) is 12.2 Å². The van der Waals surface area contributed by atoms with Crippen LogP contribution in [0.2, 0.25) is 5.02 Å². The number of hydrogen-bond acceptors (Lipinski definition) is 4. The van der Waals surface area contributed by atoms with Crippen molar-refractivity contribution in [2.24, 2.45) is 0 Å². The van der Waals surface area contributed by atoms with Gasteiger partial charge in [0.25, 0.3) is 0 Å². The van der Waals surface area contributed by atoms with Crippen LogP contribution < -0.4 is 0 Å². The van der Waals surface area contributed by atoms with Crippen molar-refractivity contribution < 1.29 is 12.8 Å². The van der Waals surface area contributed by atoms with Crippen molar-refractivity contribution >= 4 is 33.8 Å². The van der Waals surface area contributed by atoms with Crippen molar-refractivity contribution in [3.63, 3.8) is 0 Å². The lowest BCUT2D eigenvalue weighted by Gasteiger charge is -2.25. The first-order valence-corrected chi connectivity index (χ1v) is 11.9. The first kappa shape index (κ1) is 21.8. The summed E-state index contributed by atoms with van der Waals surface area (Å²) in [4.78, 5) is 2.32. The molecule has 0 saturated carbocycles. The van der Waals surface area contributed by atoms with Gasteiger partial charge in [-0.1, -0.05) is 54.1 Å². The summed E-state index contributed by atoms with van der Waals surface area (Å²) in [7, 11) is 0.382. The van der Waals surface area contributed by atoms with E-state index in [9.17, 15) is 8.42 Å². The highest BCUT2D eigenvalue weighted by Gasteiger charge is 2.30. The second kappa shape index (κ2) is 9.01. The van der Waals surface area contributed by atoms with E-state index in [4.69, 9.17) is 16.0 Å². The molecule has 7 heteroatoms. The quantitative estimate of drug-likeness (QED) is 0.494. The van der Waals surface area contributed by atoms with Crippen LogP contribution in [0.15, 0.2) is 63.9 Å². The Bertz CT molecular complexity index is 1200. The summed E-state index contributed by atoms with van der Waals surface area (Å²) < 4.78 is 33.8. The first-order valence-electron chi connectivity index (χ1n) is 10.1. The molecular weight excluding hydrogens is 432 g/mol. The predicted molar refractivity (Wildman–Crippen MR) is 124 cm³/mol. The van der Waals surface area contributed by atoms with E-state index in [1.807, 2.05) is 73.6 Å². The van der Waals surface area contributed by atoms with Gasteiger partial charge in [0.1, 0.15) is 11.5 Å². The highest BCUT2D eigenvalue weighted by atomic mass is 35.5. The fourth-order valence-electron chi connectivity index (χ4n) is 3.66. The summed E-state index contributed by atoms with van der Waals surface area (Å²) in [5.41, 5.74) is 2.77. The van der Waals surface area contributed by atoms with Gasteiger partial charge in [-0.3, -0.25) is 0 Å². The van der Waals surface area contributed by atoms with Crippen molar-refractivity contribution in [1.82, 2.24) is 9.21 Å². The topological polar surface area (TPSA) is 53.8 Å². The number of sulfonamides is 1. The van der Waals surface area contributed by atoms with E-state index in [-0.39, 0.29) is 0 Å². The van der Waals surface area contributed by atoms with Crippen LogP contribution in [0.5, 0.6) is 0 Å². The van der Waals surface area contributed by atoms with E-state index < -0.39 is 10.0 Å². The molecule has 2 heterocycles. The van der Waals surface area contributed by atoms with Gasteiger partial charge in [0, 0.05) is 30.1 Å². The van der Waals surface area contributed by atoms with Gasteiger partial charge in [0.2, 0.25) is 10.0 Å². The molecule has 0 unspecified atom stereocenters. The summed E-state index contributed by atoms with van der Waals surface area (Å²) in [5, 5.41) is 0.676. The van der Waals surface area contributed by atoms with Crippen LogP contribution in [0, 0.1) is 0 Å². The smallest absolute Gasteiger partial charge is 0.243 e. The molecule has 0 amide bonds. The summed E-state index contributed by atoms with van der Waals surface area (Å²) >= 11 is 6.18. The normalized spacial score (nSPS) is 15.0. The minimum absolute atomic E-state index is 0.294. The zero-order chi connectivity index (χ0) is 22.0. The Kier molecular flexibility index (Phi) is 6.34. The molecule has 0 N–H and O–H groups in total. The van der Waals surface area contributed by atoms with E-state index in [0.717, 1.165) is 28.2 Å². The maximum absolute atomic E-state index is 13.2. The van der Waals surface area contributed by atoms with Crippen molar-refractivity contribution in [1.29, 1.82) is 0 Å². The molecule has 0 aliphatic carbocycles. The van der Waals surface area contributed by atoms with Crippen LogP contribution in [-0.4, -0.2) is 38.3 Å². The molecule has 0 bridgehead atoms. The van der Waals surface area contributed by atoms with Crippen LogP contribution in [0.3, 0.4) is 0 Å². The molecule has 5 nitrogen and oxygen atoms in total. The SMILES string of the molecule is CN(C)Cc1cc2c(o1)CCN(S(=O)(=O)c1ccc(/C=C\c3ccccc3Cl)cc1)C2. The number of furan rings is 1. The summed E-state index contributed by atoms with van der Waals surface area (Å²) in [6.07, 6.45) is 4.42. The van der Waals surface area contributed by atoms with E-state index in [0.29, 0.717) is 36.0 Å². The van der Waals surface area contributed by atoms with Gasteiger partial charge >= 0.3 is 0 Å². The monoisotopic (exact) mass is 456 g/mol. The average molecular weight is 457 g/mol. The number of rotatable bonds is 6. The molecule has 0 saturated heterocycles. The fraction of sp³-hybridized carbons (Fsp3) is 0.250. The van der Waals surface area contributed by atoms with Crippen LogP contribution >= 0.6 is 11.6 Å². The lowest BCUT2D eigenvalue weighted by Crippen LogP contribution is -2.35. The van der Waals surface area contributed by atoms with E-state index >= 15 is 0 Å². The molecule has 31 heavy (non-hydrogen) atoms. The van der Waals surface area contributed by atoms with Gasteiger partial charge in [-0.15, -0.1) is 0 Å². The summed E-state index contributed by atoms with van der Waals surface area (Å²) in [6.45, 7) is 1.45. The minimum Gasteiger partial charge on any atom is -0.464 e. The second-order valence-electron chi connectivity index (χ2n) is 7.91. The molecule has 1 aromatic heterocycles. The Morgan fingerprint density at radius 2 is 1.84 bits per heavy atom. The molecule has 1 aliphatic heterocycles. The van der Waals surface area contributed by atoms with Crippen LogP contribution in [0.4, 0.5) is 0 Å². The number of hydrogen-bond donors (Lipinski definition) is 0. The Morgan fingerprint density at radius 1 is 1.10 bits per heavy atom. The Hall–Kier alpha value is -2.38. The second-order valence-corrected chi connectivity index (χ2v) is 10.3. The van der Waals surface area contributed by atoms with Crippen molar-refractivity contribution in [3.8, 4) is 0 Å². The third kappa shape index (κ3) is 4.93. The van der Waals surface area contributed by atoms with Crippen LogP contribution in [0.1, 0.15) is 28.2 Å². The molecule has 1 aliphatic rings. The molecule has 0 fully saturated rings. The van der Waals surface area contributed by atoms with Gasteiger partial charge in [0.15, 0.2) is 0 Å². The van der Waals surface area contributed by atoms with Crippen LogP contribution in [-0.2, 0) is 29.5 Å². The van der Waals surface area contributed by atoms with Gasteiger partial charge in [-0.2, -0.15) is 4.31 Å². The zero-order valence-electron chi connectivity index (χ0n) is 17.6. The maximum atomic E-state index is 13.2. The Labute approximate surface area is 188 Å². The van der Waals surface area contributed by atoms with Crippen molar-refractivity contribution in [2.75, 3.05) is 20.6 Å². The van der Waals surface area contributed by atoms with E-state index in [2.05, 4.69) is 0 Å². The standard InChI is InChI=1S/C24H25ClN2O3S/c1-26(2)17-21-15-20-16-27(14-13-24(20)30-21)31(28,29)22-11-8-18(9-12-22)7-10-19-5-3-4-6-23(19)25/h3-12,15H,13-14,16-17H2,1-2H3/b10-7-. The molecule has 4 rings (SSSR count).